The summed E-state index contributed by atoms with van der Waals surface area (Å²) in [5.41, 5.74) is 5.54. The minimum absolute atomic E-state index is 0.0213. The van der Waals surface area contributed by atoms with Crippen LogP contribution in [0.25, 0.3) is 32.4 Å². The predicted octanol–water partition coefficient (Wildman–Crippen LogP) is 4.55. The second-order valence-electron chi connectivity index (χ2n) is 13.6. The van der Waals surface area contributed by atoms with E-state index in [1.165, 1.54) is 16.7 Å². The number of hydrogen-bond acceptors (Lipinski definition) is 10. The summed E-state index contributed by atoms with van der Waals surface area (Å²) >= 11 is 0.985. The summed E-state index contributed by atoms with van der Waals surface area (Å²) in [6.45, 7) is 2.82. The highest BCUT2D eigenvalue weighted by atomic mass is 32.1. The van der Waals surface area contributed by atoms with Crippen molar-refractivity contribution in [3.8, 4) is 17.3 Å². The molecule has 1 aromatic carbocycles. The summed E-state index contributed by atoms with van der Waals surface area (Å²) in [4.78, 5) is 32.9. The summed E-state index contributed by atoms with van der Waals surface area (Å²) in [5, 5.41) is 3.74. The standard InChI is InChI=1S/C32H35F3N8O2S/c33-16-11-32(9-2-10-41(32)14-16)15-45-31-39-25-22(28(40-31)42-18-5-6-19(42)13-37-12-18)29(44)43(17-3-1-4-17)26(23(25)35)20-7-8-21(34)27-24(20)38-30(36)46-27/h7-8,16-19,37H,1-6,9-15H2,(H2,36,38)/t16-,18?,19?,32+/m1/s1. The Hall–Kier alpha value is -3.49. The Morgan fingerprint density at radius 1 is 1.04 bits per heavy atom. The van der Waals surface area contributed by atoms with Crippen molar-refractivity contribution in [1.82, 2.24) is 29.7 Å². The van der Waals surface area contributed by atoms with Gasteiger partial charge in [-0.1, -0.05) is 11.3 Å². The van der Waals surface area contributed by atoms with Gasteiger partial charge >= 0.3 is 6.01 Å². The Bertz CT molecular complexity index is 1930. The van der Waals surface area contributed by atoms with Crippen LogP contribution in [0.1, 0.15) is 57.4 Å². The fourth-order valence-corrected chi connectivity index (χ4v) is 9.44. The molecular weight excluding hydrogens is 617 g/mol. The number of piperazine rings is 1. The summed E-state index contributed by atoms with van der Waals surface area (Å²) < 4.78 is 54.8. The van der Waals surface area contributed by atoms with Crippen molar-refractivity contribution < 1.29 is 17.9 Å². The number of anilines is 2. The molecule has 3 N–H and O–H groups in total. The fraction of sp³-hybridized carbons (Fsp3) is 0.562. The van der Waals surface area contributed by atoms with Crippen LogP contribution in [0.4, 0.5) is 24.1 Å². The SMILES string of the molecule is Nc1nc2c(-c3c(F)c4nc(OC[C@@]56CCCN5C[C@H](F)C6)nc(N5C6CCC5CNC6)c4c(=O)n3C3CCC3)ccc(F)c2s1. The molecule has 4 saturated heterocycles. The monoisotopic (exact) mass is 652 g/mol. The van der Waals surface area contributed by atoms with E-state index in [4.69, 9.17) is 15.5 Å². The molecule has 9 rings (SSSR count). The van der Waals surface area contributed by atoms with Crippen LogP contribution in [0.3, 0.4) is 0 Å². The van der Waals surface area contributed by atoms with Crippen LogP contribution in [0.15, 0.2) is 16.9 Å². The zero-order chi connectivity index (χ0) is 31.3. The highest BCUT2D eigenvalue weighted by Crippen LogP contribution is 2.44. The molecule has 0 spiro atoms. The van der Waals surface area contributed by atoms with Crippen molar-refractivity contribution in [1.29, 1.82) is 0 Å². The Morgan fingerprint density at radius 3 is 2.61 bits per heavy atom. The number of pyridine rings is 1. The van der Waals surface area contributed by atoms with E-state index in [0.717, 1.165) is 63.1 Å². The quantitative estimate of drug-likeness (QED) is 0.310. The van der Waals surface area contributed by atoms with Crippen LogP contribution < -0.4 is 26.2 Å². The lowest BCUT2D eigenvalue weighted by molar-refractivity contribution is 0.107. The van der Waals surface area contributed by atoms with Gasteiger partial charge in [0, 0.05) is 49.7 Å². The second kappa shape index (κ2) is 10.5. The third-order valence-electron chi connectivity index (χ3n) is 11.0. The molecule has 0 amide bonds. The molecule has 242 valence electrons. The smallest absolute Gasteiger partial charge is 0.319 e. The molecule has 10 nitrogen and oxygen atoms in total. The number of hydrogen-bond donors (Lipinski definition) is 2. The van der Waals surface area contributed by atoms with E-state index in [0.29, 0.717) is 31.6 Å². The van der Waals surface area contributed by atoms with E-state index in [9.17, 15) is 13.6 Å². The van der Waals surface area contributed by atoms with Crippen LogP contribution in [0.5, 0.6) is 6.01 Å². The Balaban J connectivity index is 1.27. The number of fused-ring (bicyclic) bond motifs is 5. The molecule has 5 aliphatic rings. The van der Waals surface area contributed by atoms with Gasteiger partial charge in [-0.05, 0) is 63.6 Å². The van der Waals surface area contributed by atoms with Gasteiger partial charge in [0.1, 0.15) is 35.3 Å². The lowest BCUT2D eigenvalue weighted by Gasteiger charge is -2.37. The van der Waals surface area contributed by atoms with E-state index < -0.39 is 23.3 Å². The number of thiazole rings is 1. The van der Waals surface area contributed by atoms with E-state index in [1.807, 2.05) is 0 Å². The number of ether oxygens (including phenoxy) is 1. The maximum Gasteiger partial charge on any atom is 0.319 e. The minimum Gasteiger partial charge on any atom is -0.461 e. The molecule has 1 aliphatic carbocycles. The number of benzene rings is 1. The van der Waals surface area contributed by atoms with Crippen LogP contribution in [-0.2, 0) is 0 Å². The maximum absolute atomic E-state index is 17.4. The van der Waals surface area contributed by atoms with Crippen LogP contribution >= 0.6 is 11.3 Å². The first-order chi connectivity index (χ1) is 22.3. The van der Waals surface area contributed by atoms with Crippen molar-refractivity contribution in [2.45, 2.75) is 81.2 Å². The number of nitrogen functional groups attached to an aromatic ring is 1. The van der Waals surface area contributed by atoms with Gasteiger partial charge in [0.25, 0.3) is 5.56 Å². The molecular formula is C32H35F3N8O2S. The molecule has 4 atom stereocenters. The second-order valence-corrected chi connectivity index (χ2v) is 14.6. The molecule has 4 aromatic rings. The topological polar surface area (TPSA) is 114 Å². The van der Waals surface area contributed by atoms with E-state index in [-0.39, 0.29) is 73.8 Å². The first kappa shape index (κ1) is 28.7. The van der Waals surface area contributed by atoms with Crippen molar-refractivity contribution in [3.63, 3.8) is 0 Å². The number of aromatic nitrogens is 4. The van der Waals surface area contributed by atoms with Crippen molar-refractivity contribution in [3.05, 3.63) is 34.1 Å². The number of alkyl halides is 1. The molecule has 4 aliphatic heterocycles. The fourth-order valence-electron chi connectivity index (χ4n) is 8.67. The Kier molecular flexibility index (Phi) is 6.56. The minimum atomic E-state index is -0.925. The molecule has 0 radical (unpaired) electrons. The molecule has 7 heterocycles. The molecule has 5 fully saturated rings. The van der Waals surface area contributed by atoms with Gasteiger partial charge in [0.2, 0.25) is 0 Å². The largest absolute Gasteiger partial charge is 0.461 e. The lowest BCUT2D eigenvalue weighted by Crippen LogP contribution is -2.52. The van der Waals surface area contributed by atoms with Gasteiger partial charge in [-0.25, -0.2) is 18.2 Å². The lowest BCUT2D eigenvalue weighted by atomic mass is 9.91. The number of halogens is 3. The number of nitrogens with two attached hydrogens (primary N) is 1. The third-order valence-corrected chi connectivity index (χ3v) is 11.9. The zero-order valence-electron chi connectivity index (χ0n) is 25.3. The first-order valence-corrected chi connectivity index (χ1v) is 17.1. The highest BCUT2D eigenvalue weighted by molar-refractivity contribution is 7.22. The molecule has 46 heavy (non-hydrogen) atoms. The van der Waals surface area contributed by atoms with Crippen LogP contribution in [-0.4, -0.2) is 81.0 Å². The van der Waals surface area contributed by atoms with Gasteiger partial charge in [-0.2, -0.15) is 9.97 Å². The van der Waals surface area contributed by atoms with Gasteiger partial charge in [-0.15, -0.1) is 0 Å². The van der Waals surface area contributed by atoms with Gasteiger partial charge in [0.15, 0.2) is 10.9 Å². The molecule has 3 aromatic heterocycles. The van der Waals surface area contributed by atoms with Crippen molar-refractivity contribution >= 4 is 43.4 Å². The van der Waals surface area contributed by atoms with E-state index in [1.54, 1.807) is 0 Å². The van der Waals surface area contributed by atoms with Crippen LogP contribution in [0.2, 0.25) is 0 Å². The van der Waals surface area contributed by atoms with E-state index in [2.05, 4.69) is 25.1 Å². The summed E-state index contributed by atoms with van der Waals surface area (Å²) in [6, 6.07) is 2.64. The van der Waals surface area contributed by atoms with Crippen LogP contribution in [0, 0.1) is 11.6 Å². The molecule has 1 saturated carbocycles. The molecule has 2 bridgehead atoms. The number of rotatable bonds is 6. The van der Waals surface area contributed by atoms with Gasteiger partial charge in [0.05, 0.1) is 21.4 Å². The van der Waals surface area contributed by atoms with Gasteiger partial charge < -0.3 is 25.3 Å². The van der Waals surface area contributed by atoms with Crippen molar-refractivity contribution in [2.75, 3.05) is 43.4 Å². The Morgan fingerprint density at radius 2 is 1.85 bits per heavy atom. The Labute approximate surface area is 266 Å². The molecule has 14 heteroatoms. The average molecular weight is 653 g/mol. The zero-order valence-corrected chi connectivity index (χ0v) is 26.1. The average Bonchev–Trinajstić information content (AvgIpc) is 3.73. The third kappa shape index (κ3) is 4.21. The van der Waals surface area contributed by atoms with Crippen molar-refractivity contribution in [2.24, 2.45) is 0 Å². The first-order valence-electron chi connectivity index (χ1n) is 16.3. The van der Waals surface area contributed by atoms with Gasteiger partial charge in [-0.3, -0.25) is 9.69 Å². The summed E-state index contributed by atoms with van der Waals surface area (Å²) in [6.07, 6.45) is 5.39. The summed E-state index contributed by atoms with van der Waals surface area (Å²) in [7, 11) is 0. The number of nitrogens with zero attached hydrogens (tertiary/aromatic N) is 6. The maximum atomic E-state index is 17.4. The summed E-state index contributed by atoms with van der Waals surface area (Å²) in [5.74, 6) is -0.832. The normalized spacial score (nSPS) is 28.0. The number of nitrogens with one attached hydrogen (secondary N) is 1. The predicted molar refractivity (Wildman–Crippen MR) is 170 cm³/mol. The molecule has 2 unspecified atom stereocenters. The van der Waals surface area contributed by atoms with E-state index >= 15 is 4.39 Å². The highest BCUT2D eigenvalue weighted by Gasteiger charge is 2.49.